The van der Waals surface area contributed by atoms with Crippen molar-refractivity contribution in [3.05, 3.63) is 5.89 Å². The molecule has 2 aliphatic rings. The molecule has 0 spiro atoms. The summed E-state index contributed by atoms with van der Waals surface area (Å²) >= 11 is 0. The van der Waals surface area contributed by atoms with Crippen LogP contribution in [-0.4, -0.2) is 52.4 Å². The Hall–Kier alpha value is -1.47. The van der Waals surface area contributed by atoms with Crippen LogP contribution in [0.1, 0.15) is 43.9 Å². The standard InChI is InChI=1S/C14H22N4O3/c19-7-5-10-2-1-6-18(8-10)9-12(20)15-14-17-16-13(21-14)11-3-4-11/h10-11,19H,1-9H2,(H,15,17,20). The number of likely N-dealkylation sites (tertiary alicyclic amines) is 1. The maximum absolute atomic E-state index is 12.0. The van der Waals surface area contributed by atoms with E-state index in [-0.39, 0.29) is 18.5 Å². The first kappa shape index (κ1) is 14.5. The Morgan fingerprint density at radius 1 is 1.38 bits per heavy atom. The molecule has 2 heterocycles. The molecule has 1 amide bonds. The zero-order valence-electron chi connectivity index (χ0n) is 12.1. The number of piperidine rings is 1. The first-order valence-corrected chi connectivity index (χ1v) is 7.71. The van der Waals surface area contributed by atoms with E-state index in [2.05, 4.69) is 20.4 Å². The van der Waals surface area contributed by atoms with Gasteiger partial charge >= 0.3 is 6.01 Å². The van der Waals surface area contributed by atoms with Gasteiger partial charge < -0.3 is 9.52 Å². The number of anilines is 1. The first-order valence-electron chi connectivity index (χ1n) is 7.71. The number of rotatable bonds is 6. The monoisotopic (exact) mass is 294 g/mol. The number of aliphatic hydroxyl groups excluding tert-OH is 1. The maximum Gasteiger partial charge on any atom is 0.322 e. The number of nitrogens with one attached hydrogen (secondary N) is 1. The van der Waals surface area contributed by atoms with Gasteiger partial charge in [0, 0.05) is 19.1 Å². The van der Waals surface area contributed by atoms with Gasteiger partial charge in [0.15, 0.2) is 0 Å². The maximum atomic E-state index is 12.0. The summed E-state index contributed by atoms with van der Waals surface area (Å²) in [5, 5.41) is 19.5. The van der Waals surface area contributed by atoms with Crippen LogP contribution in [0.3, 0.4) is 0 Å². The number of carbonyl (C=O) groups is 1. The van der Waals surface area contributed by atoms with Crippen LogP contribution in [0.2, 0.25) is 0 Å². The molecule has 116 valence electrons. The number of carbonyl (C=O) groups excluding carboxylic acids is 1. The van der Waals surface area contributed by atoms with Crippen LogP contribution in [0, 0.1) is 5.92 Å². The highest BCUT2D eigenvalue weighted by molar-refractivity contribution is 5.90. The van der Waals surface area contributed by atoms with Gasteiger partial charge in [-0.2, -0.15) is 0 Å². The zero-order valence-corrected chi connectivity index (χ0v) is 12.1. The highest BCUT2D eigenvalue weighted by Crippen LogP contribution is 2.39. The van der Waals surface area contributed by atoms with Crippen molar-refractivity contribution in [3.8, 4) is 0 Å². The smallest absolute Gasteiger partial charge is 0.322 e. The van der Waals surface area contributed by atoms with Crippen LogP contribution in [0.25, 0.3) is 0 Å². The van der Waals surface area contributed by atoms with Gasteiger partial charge in [0.1, 0.15) is 0 Å². The predicted octanol–water partition coefficient (Wildman–Crippen LogP) is 0.980. The molecular weight excluding hydrogens is 272 g/mol. The van der Waals surface area contributed by atoms with E-state index < -0.39 is 0 Å². The van der Waals surface area contributed by atoms with Crippen molar-refractivity contribution in [2.45, 2.75) is 38.0 Å². The number of hydrogen-bond acceptors (Lipinski definition) is 6. The molecule has 1 saturated heterocycles. The van der Waals surface area contributed by atoms with Gasteiger partial charge in [0.2, 0.25) is 11.8 Å². The van der Waals surface area contributed by atoms with Gasteiger partial charge in [0.25, 0.3) is 0 Å². The predicted molar refractivity (Wildman–Crippen MR) is 75.8 cm³/mol. The Kier molecular flexibility index (Phi) is 4.50. The van der Waals surface area contributed by atoms with Crippen molar-refractivity contribution in [1.82, 2.24) is 15.1 Å². The van der Waals surface area contributed by atoms with E-state index in [1.807, 2.05) is 0 Å². The molecule has 0 aromatic carbocycles. The van der Waals surface area contributed by atoms with E-state index in [4.69, 9.17) is 9.52 Å². The highest BCUT2D eigenvalue weighted by Gasteiger charge is 2.29. The third-order valence-corrected chi connectivity index (χ3v) is 4.12. The SMILES string of the molecule is O=C(CN1CCCC(CCO)C1)Nc1nnc(C2CC2)o1. The van der Waals surface area contributed by atoms with Crippen LogP contribution in [0.5, 0.6) is 0 Å². The average Bonchev–Trinajstić information content (AvgIpc) is 3.20. The minimum Gasteiger partial charge on any atom is -0.408 e. The van der Waals surface area contributed by atoms with E-state index in [9.17, 15) is 4.79 Å². The molecule has 1 saturated carbocycles. The van der Waals surface area contributed by atoms with E-state index in [1.54, 1.807) is 0 Å². The summed E-state index contributed by atoms with van der Waals surface area (Å²) in [4.78, 5) is 14.1. The number of hydrogen-bond donors (Lipinski definition) is 2. The molecule has 0 radical (unpaired) electrons. The number of amides is 1. The van der Waals surface area contributed by atoms with Crippen LogP contribution < -0.4 is 5.32 Å². The molecule has 1 unspecified atom stereocenters. The summed E-state index contributed by atoms with van der Waals surface area (Å²) in [6.07, 6.45) is 5.20. The van der Waals surface area contributed by atoms with Crippen LogP contribution in [0.15, 0.2) is 4.42 Å². The second kappa shape index (κ2) is 6.53. The average molecular weight is 294 g/mol. The first-order chi connectivity index (χ1) is 10.2. The summed E-state index contributed by atoms with van der Waals surface area (Å²) in [5.74, 6) is 1.39. The molecule has 1 aliphatic carbocycles. The Balaban J connectivity index is 1.46. The summed E-state index contributed by atoms with van der Waals surface area (Å²) in [6.45, 7) is 2.34. The van der Waals surface area contributed by atoms with Crippen molar-refractivity contribution < 1.29 is 14.3 Å². The van der Waals surface area contributed by atoms with E-state index >= 15 is 0 Å². The quantitative estimate of drug-likeness (QED) is 0.812. The molecule has 1 aromatic rings. The molecule has 7 nitrogen and oxygen atoms in total. The molecule has 1 atom stereocenters. The molecule has 2 N–H and O–H groups in total. The Morgan fingerprint density at radius 2 is 2.24 bits per heavy atom. The van der Waals surface area contributed by atoms with Gasteiger partial charge in [-0.15, -0.1) is 5.10 Å². The molecule has 0 bridgehead atoms. The van der Waals surface area contributed by atoms with Crippen LogP contribution in [0.4, 0.5) is 6.01 Å². The lowest BCUT2D eigenvalue weighted by Crippen LogP contribution is -2.40. The highest BCUT2D eigenvalue weighted by atomic mass is 16.4. The molecular formula is C14H22N4O3. The molecule has 7 heteroatoms. The zero-order chi connectivity index (χ0) is 14.7. The fourth-order valence-corrected chi connectivity index (χ4v) is 2.86. The lowest BCUT2D eigenvalue weighted by molar-refractivity contribution is -0.117. The lowest BCUT2D eigenvalue weighted by Gasteiger charge is -2.31. The van der Waals surface area contributed by atoms with Gasteiger partial charge in [0.05, 0.1) is 6.54 Å². The van der Waals surface area contributed by atoms with Gasteiger partial charge in [-0.3, -0.25) is 15.0 Å². The fourth-order valence-electron chi connectivity index (χ4n) is 2.86. The van der Waals surface area contributed by atoms with Crippen molar-refractivity contribution in [3.63, 3.8) is 0 Å². The minimum absolute atomic E-state index is 0.120. The summed E-state index contributed by atoms with van der Waals surface area (Å²) < 4.78 is 5.42. The van der Waals surface area contributed by atoms with Crippen molar-refractivity contribution in [1.29, 1.82) is 0 Å². The van der Waals surface area contributed by atoms with Gasteiger partial charge in [-0.05, 0) is 44.6 Å². The third kappa shape index (κ3) is 4.01. The largest absolute Gasteiger partial charge is 0.408 e. The van der Waals surface area contributed by atoms with Crippen molar-refractivity contribution in [2.75, 3.05) is 31.6 Å². The molecule has 3 rings (SSSR count). The summed E-state index contributed by atoms with van der Waals surface area (Å²) in [6, 6.07) is 0.200. The second-order valence-electron chi connectivity index (χ2n) is 6.02. The number of aromatic nitrogens is 2. The summed E-state index contributed by atoms with van der Waals surface area (Å²) in [7, 11) is 0. The van der Waals surface area contributed by atoms with Gasteiger partial charge in [-0.1, -0.05) is 5.10 Å². The molecule has 1 aliphatic heterocycles. The Bertz CT molecular complexity index is 484. The van der Waals surface area contributed by atoms with E-state index in [0.717, 1.165) is 45.2 Å². The van der Waals surface area contributed by atoms with Crippen LogP contribution in [-0.2, 0) is 4.79 Å². The lowest BCUT2D eigenvalue weighted by atomic mass is 9.95. The van der Waals surface area contributed by atoms with Gasteiger partial charge in [-0.25, -0.2) is 0 Å². The third-order valence-electron chi connectivity index (χ3n) is 4.12. The van der Waals surface area contributed by atoms with Crippen molar-refractivity contribution in [2.24, 2.45) is 5.92 Å². The second-order valence-corrected chi connectivity index (χ2v) is 6.02. The number of nitrogens with zero attached hydrogens (tertiary/aromatic N) is 3. The Labute approximate surface area is 123 Å². The van der Waals surface area contributed by atoms with Crippen LogP contribution >= 0.6 is 0 Å². The summed E-state index contributed by atoms with van der Waals surface area (Å²) in [5.41, 5.74) is 0. The van der Waals surface area contributed by atoms with E-state index in [0.29, 0.717) is 24.3 Å². The van der Waals surface area contributed by atoms with E-state index in [1.165, 1.54) is 0 Å². The topological polar surface area (TPSA) is 91.5 Å². The fraction of sp³-hybridized carbons (Fsp3) is 0.786. The molecule has 21 heavy (non-hydrogen) atoms. The van der Waals surface area contributed by atoms with Crippen molar-refractivity contribution >= 4 is 11.9 Å². The molecule has 2 fully saturated rings. The normalized spacial score (nSPS) is 23.2. The molecule has 1 aromatic heterocycles. The number of aliphatic hydroxyl groups is 1. The minimum atomic E-state index is -0.120. The Morgan fingerprint density at radius 3 is 3.00 bits per heavy atom.